The lowest BCUT2D eigenvalue weighted by molar-refractivity contribution is -0.122. The summed E-state index contributed by atoms with van der Waals surface area (Å²) in [6.45, 7) is 9.31. The summed E-state index contributed by atoms with van der Waals surface area (Å²) in [6.07, 6.45) is 3.30. The lowest BCUT2D eigenvalue weighted by Gasteiger charge is -2.06. The van der Waals surface area contributed by atoms with Crippen molar-refractivity contribution < 1.29 is 14.3 Å². The molecule has 1 aromatic heterocycles. The molecule has 1 heterocycles. The maximum atomic E-state index is 11.6. The van der Waals surface area contributed by atoms with Gasteiger partial charge in [0, 0.05) is 31.2 Å². The van der Waals surface area contributed by atoms with E-state index in [9.17, 15) is 9.59 Å². The van der Waals surface area contributed by atoms with Gasteiger partial charge >= 0.3 is 0 Å². The number of ether oxygens (including phenoxy) is 1. The summed E-state index contributed by atoms with van der Waals surface area (Å²) >= 11 is 0. The first kappa shape index (κ1) is 19.3. The molecule has 23 heavy (non-hydrogen) atoms. The Balaban J connectivity index is 2.17. The lowest BCUT2D eigenvalue weighted by atomic mass is 10.1. The van der Waals surface area contributed by atoms with Gasteiger partial charge < -0.3 is 10.1 Å². The molecule has 1 rings (SSSR count). The summed E-state index contributed by atoms with van der Waals surface area (Å²) in [4.78, 5) is 23.1. The Morgan fingerprint density at radius 1 is 1.26 bits per heavy atom. The van der Waals surface area contributed by atoms with E-state index in [1.165, 1.54) is 0 Å². The fourth-order valence-corrected chi connectivity index (χ4v) is 1.96. The molecule has 0 radical (unpaired) electrons. The number of hydrogen-bond acceptors (Lipinski definition) is 5. The first-order chi connectivity index (χ1) is 10.9. The van der Waals surface area contributed by atoms with Crippen LogP contribution in [0.1, 0.15) is 46.2 Å². The molecule has 1 amide bonds. The van der Waals surface area contributed by atoms with E-state index in [4.69, 9.17) is 4.74 Å². The van der Waals surface area contributed by atoms with Crippen LogP contribution >= 0.6 is 0 Å². The van der Waals surface area contributed by atoms with Crippen LogP contribution in [0.4, 0.5) is 0 Å². The number of amides is 1. The Hall–Kier alpha value is -1.76. The van der Waals surface area contributed by atoms with E-state index in [1.807, 2.05) is 27.7 Å². The maximum Gasteiger partial charge on any atom is 0.226 e. The fraction of sp³-hybridized carbons (Fsp3) is 0.750. The standard InChI is InChI=1S/C16H28N4O3/c1-12(2)15(21)6-5-8-23-9-7-20-11-14(18-19-20)10-16(22)17-13(3)4/h11-13H,5-10H2,1-4H3,(H,17,22). The van der Waals surface area contributed by atoms with Gasteiger partial charge in [-0.05, 0) is 20.3 Å². The van der Waals surface area contributed by atoms with Crippen molar-refractivity contribution in [1.82, 2.24) is 20.3 Å². The third-order valence-corrected chi connectivity index (χ3v) is 3.20. The Labute approximate surface area is 137 Å². The van der Waals surface area contributed by atoms with Crippen LogP contribution in [0.5, 0.6) is 0 Å². The number of nitrogens with zero attached hydrogens (tertiary/aromatic N) is 3. The van der Waals surface area contributed by atoms with Crippen molar-refractivity contribution in [3.8, 4) is 0 Å². The zero-order valence-corrected chi connectivity index (χ0v) is 14.5. The highest BCUT2D eigenvalue weighted by Gasteiger charge is 2.09. The molecule has 0 aliphatic carbocycles. The van der Waals surface area contributed by atoms with Gasteiger partial charge in [0.15, 0.2) is 0 Å². The molecule has 0 unspecified atom stereocenters. The molecule has 1 N–H and O–H groups in total. The van der Waals surface area contributed by atoms with Crippen LogP contribution in [0.15, 0.2) is 6.20 Å². The second-order valence-corrected chi connectivity index (χ2v) is 6.21. The van der Waals surface area contributed by atoms with Crippen molar-refractivity contribution in [2.45, 2.75) is 59.5 Å². The van der Waals surface area contributed by atoms with Crippen LogP contribution in [0.3, 0.4) is 0 Å². The van der Waals surface area contributed by atoms with Gasteiger partial charge in [0.25, 0.3) is 0 Å². The highest BCUT2D eigenvalue weighted by Crippen LogP contribution is 2.02. The molecule has 0 saturated heterocycles. The number of nitrogens with one attached hydrogen (secondary N) is 1. The van der Waals surface area contributed by atoms with Gasteiger partial charge in [0.05, 0.1) is 25.3 Å². The van der Waals surface area contributed by atoms with Crippen molar-refractivity contribution in [2.24, 2.45) is 5.92 Å². The Bertz CT molecular complexity index is 497. The molecule has 0 atom stereocenters. The van der Waals surface area contributed by atoms with Gasteiger partial charge in [-0.15, -0.1) is 5.10 Å². The monoisotopic (exact) mass is 324 g/mol. The summed E-state index contributed by atoms with van der Waals surface area (Å²) in [5.41, 5.74) is 0.644. The van der Waals surface area contributed by atoms with E-state index in [0.717, 1.165) is 6.42 Å². The highest BCUT2D eigenvalue weighted by molar-refractivity contribution is 5.80. The van der Waals surface area contributed by atoms with Crippen LogP contribution in [-0.4, -0.2) is 45.9 Å². The summed E-state index contributed by atoms with van der Waals surface area (Å²) < 4.78 is 7.15. The fourth-order valence-electron chi connectivity index (χ4n) is 1.96. The minimum Gasteiger partial charge on any atom is -0.380 e. The molecular weight excluding hydrogens is 296 g/mol. The quantitative estimate of drug-likeness (QED) is 0.621. The third-order valence-electron chi connectivity index (χ3n) is 3.20. The molecular formula is C16H28N4O3. The van der Waals surface area contributed by atoms with E-state index in [1.54, 1.807) is 10.9 Å². The van der Waals surface area contributed by atoms with Crippen LogP contribution in [0, 0.1) is 5.92 Å². The van der Waals surface area contributed by atoms with E-state index in [0.29, 0.717) is 31.9 Å². The van der Waals surface area contributed by atoms with Gasteiger partial charge in [-0.25, -0.2) is 4.68 Å². The molecule has 0 bridgehead atoms. The number of ketones is 1. The molecule has 1 aromatic rings. The van der Waals surface area contributed by atoms with Gasteiger partial charge in [0.1, 0.15) is 5.78 Å². The first-order valence-corrected chi connectivity index (χ1v) is 8.17. The van der Waals surface area contributed by atoms with Crippen molar-refractivity contribution in [3.05, 3.63) is 11.9 Å². The molecule has 7 heteroatoms. The van der Waals surface area contributed by atoms with Gasteiger partial charge in [-0.3, -0.25) is 9.59 Å². The van der Waals surface area contributed by atoms with Crippen LogP contribution < -0.4 is 5.32 Å². The maximum absolute atomic E-state index is 11.6. The summed E-state index contributed by atoms with van der Waals surface area (Å²) in [5, 5.41) is 10.8. The topological polar surface area (TPSA) is 86.1 Å². The molecule has 0 spiro atoms. The number of hydrogen-bond donors (Lipinski definition) is 1. The average Bonchev–Trinajstić information content (AvgIpc) is 2.88. The van der Waals surface area contributed by atoms with Crippen molar-refractivity contribution in [3.63, 3.8) is 0 Å². The molecule has 130 valence electrons. The first-order valence-electron chi connectivity index (χ1n) is 8.17. The van der Waals surface area contributed by atoms with E-state index >= 15 is 0 Å². The van der Waals surface area contributed by atoms with E-state index in [2.05, 4.69) is 15.6 Å². The van der Waals surface area contributed by atoms with Crippen molar-refractivity contribution in [2.75, 3.05) is 13.2 Å². The molecule has 7 nitrogen and oxygen atoms in total. The smallest absolute Gasteiger partial charge is 0.226 e. The van der Waals surface area contributed by atoms with Crippen molar-refractivity contribution >= 4 is 11.7 Å². The van der Waals surface area contributed by atoms with Crippen LogP contribution in [0.25, 0.3) is 0 Å². The molecule has 0 aromatic carbocycles. The molecule has 0 saturated carbocycles. The second kappa shape index (κ2) is 10.1. The van der Waals surface area contributed by atoms with Gasteiger partial charge in [-0.1, -0.05) is 19.1 Å². The van der Waals surface area contributed by atoms with Gasteiger partial charge in [-0.2, -0.15) is 0 Å². The second-order valence-electron chi connectivity index (χ2n) is 6.21. The predicted molar refractivity (Wildman–Crippen MR) is 86.9 cm³/mol. The summed E-state index contributed by atoms with van der Waals surface area (Å²) in [6, 6.07) is 0.119. The summed E-state index contributed by atoms with van der Waals surface area (Å²) in [5.74, 6) is 0.309. The minimum atomic E-state index is -0.0573. The Kier molecular flexibility index (Phi) is 8.47. The number of carbonyl (C=O) groups is 2. The molecule has 0 fully saturated rings. The Morgan fingerprint density at radius 2 is 2.00 bits per heavy atom. The highest BCUT2D eigenvalue weighted by atomic mass is 16.5. The predicted octanol–water partition coefficient (Wildman–Crippen LogP) is 1.37. The average molecular weight is 324 g/mol. The lowest BCUT2D eigenvalue weighted by Crippen LogP contribution is -2.31. The molecule has 0 aliphatic heterocycles. The van der Waals surface area contributed by atoms with Crippen LogP contribution in [0.2, 0.25) is 0 Å². The largest absolute Gasteiger partial charge is 0.380 e. The zero-order valence-electron chi connectivity index (χ0n) is 14.5. The van der Waals surface area contributed by atoms with Gasteiger partial charge in [0.2, 0.25) is 5.91 Å². The number of rotatable bonds is 11. The molecule has 0 aliphatic rings. The van der Waals surface area contributed by atoms with Crippen LogP contribution in [-0.2, 0) is 27.3 Å². The SMILES string of the molecule is CC(C)NC(=O)Cc1cn(CCOCCCC(=O)C(C)C)nn1. The zero-order chi connectivity index (χ0) is 17.2. The van der Waals surface area contributed by atoms with E-state index < -0.39 is 0 Å². The summed E-state index contributed by atoms with van der Waals surface area (Å²) in [7, 11) is 0. The third kappa shape index (κ3) is 8.44. The minimum absolute atomic E-state index is 0.0573. The van der Waals surface area contributed by atoms with E-state index in [-0.39, 0.29) is 30.1 Å². The number of Topliss-reactive ketones (excluding diaryl/α,β-unsaturated/α-hetero) is 1. The normalized spacial score (nSPS) is 11.2. The Morgan fingerprint density at radius 3 is 2.65 bits per heavy atom. The number of carbonyl (C=O) groups excluding carboxylic acids is 2. The van der Waals surface area contributed by atoms with Crippen molar-refractivity contribution in [1.29, 1.82) is 0 Å². The number of aromatic nitrogens is 3.